The van der Waals surface area contributed by atoms with Crippen LogP contribution >= 0.6 is 0 Å². The lowest BCUT2D eigenvalue weighted by Crippen LogP contribution is -2.47. The molecule has 1 aromatic rings. The van der Waals surface area contributed by atoms with Crippen LogP contribution in [0.25, 0.3) is 0 Å². The highest BCUT2D eigenvalue weighted by Crippen LogP contribution is 2.26. The molecule has 1 aliphatic heterocycles. The Morgan fingerprint density at radius 3 is 2.12 bits per heavy atom. The van der Waals surface area contributed by atoms with Gasteiger partial charge in [-0.05, 0) is 43.5 Å². The third-order valence-corrected chi connectivity index (χ3v) is 7.70. The quantitative estimate of drug-likeness (QED) is 0.804. The molecule has 0 bridgehead atoms. The summed E-state index contributed by atoms with van der Waals surface area (Å²) in [6.07, 6.45) is 1.51. The first-order chi connectivity index (χ1) is 11.1. The van der Waals surface area contributed by atoms with Crippen LogP contribution in [0, 0.1) is 0 Å². The highest BCUT2D eigenvalue weighted by molar-refractivity contribution is 7.89. The maximum absolute atomic E-state index is 12.7. The number of sulfonamides is 2. The highest BCUT2D eigenvalue weighted by atomic mass is 32.2. The fourth-order valence-electron chi connectivity index (χ4n) is 2.57. The van der Waals surface area contributed by atoms with Gasteiger partial charge in [-0.15, -0.1) is 0 Å². The molecule has 1 unspecified atom stereocenters. The molecule has 0 amide bonds. The van der Waals surface area contributed by atoms with E-state index >= 15 is 0 Å². The van der Waals surface area contributed by atoms with Gasteiger partial charge in [-0.2, -0.15) is 4.31 Å². The Morgan fingerprint density at radius 1 is 1.08 bits per heavy atom. The van der Waals surface area contributed by atoms with Crippen molar-refractivity contribution in [2.75, 3.05) is 20.6 Å². The Hall–Kier alpha value is -1.49. The van der Waals surface area contributed by atoms with Crippen LogP contribution in [-0.2, 0) is 24.8 Å². The second-order valence-corrected chi connectivity index (χ2v) is 9.77. The van der Waals surface area contributed by atoms with Crippen LogP contribution in [-0.4, -0.2) is 63.2 Å². The van der Waals surface area contributed by atoms with Crippen molar-refractivity contribution in [2.24, 2.45) is 0 Å². The molecule has 8 nitrogen and oxygen atoms in total. The average Bonchev–Trinajstić information content (AvgIpc) is 2.54. The number of aliphatic carboxylic acids is 1. The van der Waals surface area contributed by atoms with Crippen LogP contribution in [0.4, 0.5) is 0 Å². The largest absolute Gasteiger partial charge is 0.480 e. The van der Waals surface area contributed by atoms with Crippen molar-refractivity contribution in [3.05, 3.63) is 24.3 Å². The summed E-state index contributed by atoms with van der Waals surface area (Å²) in [6.45, 7) is 0.136. The van der Waals surface area contributed by atoms with Gasteiger partial charge in [-0.3, -0.25) is 4.79 Å². The molecule has 0 aromatic heterocycles. The van der Waals surface area contributed by atoms with Crippen molar-refractivity contribution in [3.63, 3.8) is 0 Å². The second kappa shape index (κ2) is 6.79. The Labute approximate surface area is 141 Å². The Balaban J connectivity index is 2.38. The van der Waals surface area contributed by atoms with Gasteiger partial charge in [0.1, 0.15) is 6.04 Å². The maximum Gasteiger partial charge on any atom is 0.322 e. The standard InChI is InChI=1S/C14H20N2O6S2/c1-15(2)23(19,20)11-6-8-12(9-7-11)24(21,22)16-10-4-3-5-13(16)14(17)18/h6-9,13H,3-5,10H2,1-2H3,(H,17,18). The van der Waals surface area contributed by atoms with Crippen LogP contribution in [0.5, 0.6) is 0 Å². The molecule has 134 valence electrons. The molecular formula is C14H20N2O6S2. The van der Waals surface area contributed by atoms with E-state index in [1.165, 1.54) is 38.4 Å². The number of carbonyl (C=O) groups is 1. The summed E-state index contributed by atoms with van der Waals surface area (Å²) in [5.41, 5.74) is 0. The number of piperidine rings is 1. The third kappa shape index (κ3) is 3.46. The lowest BCUT2D eigenvalue weighted by atomic mass is 10.1. The predicted molar refractivity (Wildman–Crippen MR) is 86.5 cm³/mol. The highest BCUT2D eigenvalue weighted by Gasteiger charge is 2.37. The molecule has 1 heterocycles. The van der Waals surface area contributed by atoms with Crippen LogP contribution in [0.2, 0.25) is 0 Å². The zero-order valence-corrected chi connectivity index (χ0v) is 15.0. The van der Waals surface area contributed by atoms with Crippen molar-refractivity contribution in [1.29, 1.82) is 0 Å². The van der Waals surface area contributed by atoms with Crippen LogP contribution < -0.4 is 0 Å². The van der Waals surface area contributed by atoms with Crippen molar-refractivity contribution in [1.82, 2.24) is 8.61 Å². The summed E-state index contributed by atoms with van der Waals surface area (Å²) in [6, 6.07) is 3.72. The Kier molecular flexibility index (Phi) is 5.33. The van der Waals surface area contributed by atoms with Crippen molar-refractivity contribution in [3.8, 4) is 0 Å². The van der Waals surface area contributed by atoms with E-state index in [4.69, 9.17) is 0 Å². The summed E-state index contributed by atoms with van der Waals surface area (Å²) >= 11 is 0. The fourth-order valence-corrected chi connectivity index (χ4v) is 5.12. The first kappa shape index (κ1) is 18.8. The minimum Gasteiger partial charge on any atom is -0.480 e. The van der Waals surface area contributed by atoms with Gasteiger partial charge in [0.2, 0.25) is 20.0 Å². The zero-order chi connectivity index (χ0) is 18.1. The minimum absolute atomic E-state index is 0.0279. The number of rotatable bonds is 5. The summed E-state index contributed by atoms with van der Waals surface area (Å²) in [7, 11) is -4.89. The molecule has 24 heavy (non-hydrogen) atoms. The van der Waals surface area contributed by atoms with Gasteiger partial charge >= 0.3 is 5.97 Å². The van der Waals surface area contributed by atoms with E-state index in [0.717, 1.165) is 8.61 Å². The molecule has 1 atom stereocenters. The van der Waals surface area contributed by atoms with Crippen molar-refractivity contribution < 1.29 is 26.7 Å². The molecule has 1 saturated heterocycles. The smallest absolute Gasteiger partial charge is 0.322 e. The number of hydrogen-bond donors (Lipinski definition) is 1. The summed E-state index contributed by atoms with van der Waals surface area (Å²) in [5.74, 6) is -1.18. The van der Waals surface area contributed by atoms with E-state index in [2.05, 4.69) is 0 Å². The lowest BCUT2D eigenvalue weighted by Gasteiger charge is -2.31. The molecule has 1 N–H and O–H groups in total. The van der Waals surface area contributed by atoms with Gasteiger partial charge in [-0.1, -0.05) is 0 Å². The maximum atomic E-state index is 12.7. The molecule has 1 fully saturated rings. The zero-order valence-electron chi connectivity index (χ0n) is 13.4. The molecule has 0 aliphatic carbocycles. The topological polar surface area (TPSA) is 112 Å². The summed E-state index contributed by atoms with van der Waals surface area (Å²) in [5, 5.41) is 9.24. The molecular weight excluding hydrogens is 356 g/mol. The van der Waals surface area contributed by atoms with E-state index in [9.17, 15) is 26.7 Å². The summed E-state index contributed by atoms with van der Waals surface area (Å²) < 4.78 is 51.5. The monoisotopic (exact) mass is 376 g/mol. The first-order valence-electron chi connectivity index (χ1n) is 7.35. The van der Waals surface area contributed by atoms with Crippen molar-refractivity contribution >= 4 is 26.0 Å². The number of nitrogens with zero attached hydrogens (tertiary/aromatic N) is 2. The van der Waals surface area contributed by atoms with Crippen LogP contribution in [0.1, 0.15) is 19.3 Å². The van der Waals surface area contributed by atoms with E-state index in [1.807, 2.05) is 0 Å². The Morgan fingerprint density at radius 2 is 1.62 bits per heavy atom. The van der Waals surface area contributed by atoms with Gasteiger partial charge in [-0.25, -0.2) is 21.1 Å². The van der Waals surface area contributed by atoms with Crippen molar-refractivity contribution in [2.45, 2.75) is 35.1 Å². The van der Waals surface area contributed by atoms with Gasteiger partial charge < -0.3 is 5.11 Å². The molecule has 0 radical (unpaired) electrons. The molecule has 1 aliphatic rings. The van der Waals surface area contributed by atoms with Gasteiger partial charge in [0.25, 0.3) is 0 Å². The third-order valence-electron chi connectivity index (χ3n) is 3.95. The molecule has 1 aromatic carbocycles. The average molecular weight is 376 g/mol. The SMILES string of the molecule is CN(C)S(=O)(=O)c1ccc(S(=O)(=O)N2CCCCC2C(=O)O)cc1. The van der Waals surface area contributed by atoms with E-state index in [-0.39, 0.29) is 22.8 Å². The van der Waals surface area contributed by atoms with E-state index in [0.29, 0.717) is 12.8 Å². The van der Waals surface area contributed by atoms with Gasteiger partial charge in [0, 0.05) is 20.6 Å². The number of carboxylic acids is 1. The predicted octanol–water partition coefficient (Wildman–Crippen LogP) is 0.565. The second-order valence-electron chi connectivity index (χ2n) is 5.72. The first-order valence-corrected chi connectivity index (χ1v) is 10.2. The van der Waals surface area contributed by atoms with Gasteiger partial charge in [0.15, 0.2) is 0 Å². The normalized spacial score (nSPS) is 20.2. The van der Waals surface area contributed by atoms with E-state index in [1.54, 1.807) is 0 Å². The molecule has 0 spiro atoms. The summed E-state index contributed by atoms with van der Waals surface area (Å²) in [4.78, 5) is 11.2. The molecule has 0 saturated carbocycles. The van der Waals surface area contributed by atoms with Crippen LogP contribution in [0.15, 0.2) is 34.1 Å². The lowest BCUT2D eigenvalue weighted by molar-refractivity contribution is -0.142. The number of hydrogen-bond acceptors (Lipinski definition) is 5. The number of carboxylic acid groups (broad SMARTS) is 1. The fraction of sp³-hybridized carbons (Fsp3) is 0.500. The van der Waals surface area contributed by atoms with Crippen LogP contribution in [0.3, 0.4) is 0 Å². The molecule has 10 heteroatoms. The molecule has 2 rings (SSSR count). The van der Waals surface area contributed by atoms with E-state index < -0.39 is 32.1 Å². The Bertz CT molecular complexity index is 815. The van der Waals surface area contributed by atoms with Gasteiger partial charge in [0.05, 0.1) is 9.79 Å². The number of benzene rings is 1. The minimum atomic E-state index is -3.99.